The van der Waals surface area contributed by atoms with Crippen LogP contribution in [0.5, 0.6) is 0 Å². The van der Waals surface area contributed by atoms with Gasteiger partial charge in [-0.1, -0.05) is 20.3 Å². The van der Waals surface area contributed by atoms with Gasteiger partial charge in [0.25, 0.3) is 0 Å². The SMILES string of the molecule is CCCCNCCN1CC(C)C(N(C)C)C1. The summed E-state index contributed by atoms with van der Waals surface area (Å²) in [4.78, 5) is 4.96. The predicted octanol–water partition coefficient (Wildman–Crippen LogP) is 1.26. The quantitative estimate of drug-likeness (QED) is 0.661. The molecule has 1 fully saturated rings. The van der Waals surface area contributed by atoms with E-state index in [-0.39, 0.29) is 0 Å². The summed E-state index contributed by atoms with van der Waals surface area (Å²) < 4.78 is 0. The van der Waals surface area contributed by atoms with Crippen molar-refractivity contribution in [3.05, 3.63) is 0 Å². The summed E-state index contributed by atoms with van der Waals surface area (Å²) >= 11 is 0. The fourth-order valence-electron chi connectivity index (χ4n) is 2.57. The van der Waals surface area contributed by atoms with Crippen LogP contribution in [0.15, 0.2) is 0 Å². The minimum atomic E-state index is 0.746. The topological polar surface area (TPSA) is 18.5 Å². The minimum absolute atomic E-state index is 0.746. The van der Waals surface area contributed by atoms with E-state index in [1.807, 2.05) is 0 Å². The molecule has 1 N–H and O–H groups in total. The molecule has 1 saturated heterocycles. The van der Waals surface area contributed by atoms with Gasteiger partial charge in [0.15, 0.2) is 0 Å². The standard InChI is InChI=1S/C13H29N3/c1-5-6-7-14-8-9-16-10-12(2)13(11-16)15(3)4/h12-14H,5-11H2,1-4H3. The molecular formula is C13H29N3. The van der Waals surface area contributed by atoms with Crippen molar-refractivity contribution < 1.29 is 0 Å². The van der Waals surface area contributed by atoms with E-state index in [1.54, 1.807) is 0 Å². The molecular weight excluding hydrogens is 198 g/mol. The lowest BCUT2D eigenvalue weighted by atomic mass is 10.1. The van der Waals surface area contributed by atoms with Crippen LogP contribution >= 0.6 is 0 Å². The third-order valence-electron chi connectivity index (χ3n) is 3.62. The fourth-order valence-corrected chi connectivity index (χ4v) is 2.57. The summed E-state index contributed by atoms with van der Waals surface area (Å²) in [7, 11) is 4.40. The summed E-state index contributed by atoms with van der Waals surface area (Å²) in [6.07, 6.45) is 2.59. The zero-order valence-electron chi connectivity index (χ0n) is 11.5. The predicted molar refractivity (Wildman–Crippen MR) is 70.9 cm³/mol. The second-order valence-electron chi connectivity index (χ2n) is 5.37. The molecule has 1 aliphatic rings. The highest BCUT2D eigenvalue weighted by Gasteiger charge is 2.30. The van der Waals surface area contributed by atoms with Gasteiger partial charge in [-0.3, -0.25) is 0 Å². The molecule has 0 spiro atoms. The maximum atomic E-state index is 3.52. The molecule has 0 amide bonds. The van der Waals surface area contributed by atoms with E-state index in [0.717, 1.165) is 18.5 Å². The van der Waals surface area contributed by atoms with E-state index in [2.05, 4.69) is 43.1 Å². The number of hydrogen-bond acceptors (Lipinski definition) is 3. The van der Waals surface area contributed by atoms with Crippen LogP contribution in [0.25, 0.3) is 0 Å². The molecule has 0 bridgehead atoms. The van der Waals surface area contributed by atoms with Crippen molar-refractivity contribution in [1.82, 2.24) is 15.1 Å². The largest absolute Gasteiger partial charge is 0.315 e. The highest BCUT2D eigenvalue weighted by molar-refractivity contribution is 4.86. The maximum absolute atomic E-state index is 3.52. The second kappa shape index (κ2) is 7.25. The summed E-state index contributed by atoms with van der Waals surface area (Å²) in [6, 6.07) is 0.746. The molecule has 2 unspecified atom stereocenters. The first-order chi connectivity index (χ1) is 7.65. The molecule has 3 nitrogen and oxygen atoms in total. The van der Waals surface area contributed by atoms with Crippen LogP contribution in [0.4, 0.5) is 0 Å². The number of rotatable bonds is 7. The summed E-state index contributed by atoms with van der Waals surface area (Å²) in [5.74, 6) is 0.811. The van der Waals surface area contributed by atoms with Crippen molar-refractivity contribution in [3.63, 3.8) is 0 Å². The molecule has 0 radical (unpaired) electrons. The van der Waals surface area contributed by atoms with Gasteiger partial charge in [-0.25, -0.2) is 0 Å². The Balaban J connectivity index is 2.11. The van der Waals surface area contributed by atoms with Gasteiger partial charge in [0.05, 0.1) is 0 Å². The number of likely N-dealkylation sites (N-methyl/N-ethyl adjacent to an activating group) is 1. The number of nitrogens with one attached hydrogen (secondary N) is 1. The second-order valence-corrected chi connectivity index (χ2v) is 5.37. The third kappa shape index (κ3) is 4.40. The molecule has 0 aliphatic carbocycles. The van der Waals surface area contributed by atoms with Crippen molar-refractivity contribution >= 4 is 0 Å². The van der Waals surface area contributed by atoms with Gasteiger partial charge >= 0.3 is 0 Å². The monoisotopic (exact) mass is 227 g/mol. The zero-order chi connectivity index (χ0) is 12.0. The number of unbranched alkanes of at least 4 members (excludes halogenated alkanes) is 1. The van der Waals surface area contributed by atoms with E-state index in [4.69, 9.17) is 0 Å². The van der Waals surface area contributed by atoms with Crippen molar-refractivity contribution in [2.24, 2.45) is 5.92 Å². The lowest BCUT2D eigenvalue weighted by Gasteiger charge is -2.22. The molecule has 1 heterocycles. The highest BCUT2D eigenvalue weighted by Crippen LogP contribution is 2.19. The first-order valence-corrected chi connectivity index (χ1v) is 6.74. The van der Waals surface area contributed by atoms with Gasteiger partial charge < -0.3 is 15.1 Å². The molecule has 0 saturated carbocycles. The highest BCUT2D eigenvalue weighted by atomic mass is 15.2. The maximum Gasteiger partial charge on any atom is 0.0254 e. The van der Waals surface area contributed by atoms with Crippen LogP contribution in [-0.4, -0.2) is 62.7 Å². The van der Waals surface area contributed by atoms with E-state index in [9.17, 15) is 0 Å². The Morgan fingerprint density at radius 3 is 2.56 bits per heavy atom. The van der Waals surface area contributed by atoms with Gasteiger partial charge in [-0.05, 0) is 33.0 Å². The molecule has 0 aromatic heterocycles. The molecule has 96 valence electrons. The summed E-state index contributed by atoms with van der Waals surface area (Å²) in [6.45, 7) is 10.6. The Bertz CT molecular complexity index is 182. The average molecular weight is 227 g/mol. The normalized spacial score (nSPS) is 26.8. The van der Waals surface area contributed by atoms with Crippen LogP contribution in [0.3, 0.4) is 0 Å². The first kappa shape index (κ1) is 13.9. The first-order valence-electron chi connectivity index (χ1n) is 6.74. The Kier molecular flexibility index (Phi) is 6.32. The van der Waals surface area contributed by atoms with E-state index >= 15 is 0 Å². The van der Waals surface area contributed by atoms with Gasteiger partial charge in [-0.15, -0.1) is 0 Å². The van der Waals surface area contributed by atoms with Crippen molar-refractivity contribution in [2.45, 2.75) is 32.7 Å². The minimum Gasteiger partial charge on any atom is -0.315 e. The molecule has 1 rings (SSSR count). The number of likely N-dealkylation sites (tertiary alicyclic amines) is 1. The lowest BCUT2D eigenvalue weighted by Crippen LogP contribution is -2.36. The zero-order valence-corrected chi connectivity index (χ0v) is 11.5. The smallest absolute Gasteiger partial charge is 0.0254 e. The average Bonchev–Trinajstić information content (AvgIpc) is 2.59. The molecule has 1 aliphatic heterocycles. The van der Waals surface area contributed by atoms with Crippen molar-refractivity contribution in [1.29, 1.82) is 0 Å². The van der Waals surface area contributed by atoms with Crippen LogP contribution in [-0.2, 0) is 0 Å². The summed E-state index contributed by atoms with van der Waals surface area (Å²) in [5, 5.41) is 3.52. The Morgan fingerprint density at radius 1 is 1.25 bits per heavy atom. The van der Waals surface area contributed by atoms with Gasteiger partial charge in [0.1, 0.15) is 0 Å². The van der Waals surface area contributed by atoms with Crippen molar-refractivity contribution in [3.8, 4) is 0 Å². The van der Waals surface area contributed by atoms with Crippen LogP contribution < -0.4 is 5.32 Å². The molecule has 2 atom stereocenters. The van der Waals surface area contributed by atoms with Gasteiger partial charge in [0, 0.05) is 32.2 Å². The van der Waals surface area contributed by atoms with E-state index in [0.29, 0.717) is 0 Å². The summed E-state index contributed by atoms with van der Waals surface area (Å²) in [5.41, 5.74) is 0. The third-order valence-corrected chi connectivity index (χ3v) is 3.62. The van der Waals surface area contributed by atoms with Crippen LogP contribution in [0, 0.1) is 5.92 Å². The Morgan fingerprint density at radius 2 is 2.00 bits per heavy atom. The van der Waals surface area contributed by atoms with Crippen LogP contribution in [0.1, 0.15) is 26.7 Å². The Hall–Kier alpha value is -0.120. The lowest BCUT2D eigenvalue weighted by molar-refractivity contribution is 0.252. The number of hydrogen-bond donors (Lipinski definition) is 1. The van der Waals surface area contributed by atoms with E-state index in [1.165, 1.54) is 39.0 Å². The fraction of sp³-hybridized carbons (Fsp3) is 1.00. The molecule has 0 aromatic rings. The Labute approximate surface area is 101 Å². The van der Waals surface area contributed by atoms with Gasteiger partial charge in [-0.2, -0.15) is 0 Å². The van der Waals surface area contributed by atoms with Gasteiger partial charge in [0.2, 0.25) is 0 Å². The molecule has 0 aromatic carbocycles. The molecule has 16 heavy (non-hydrogen) atoms. The van der Waals surface area contributed by atoms with Crippen molar-refractivity contribution in [2.75, 3.05) is 46.8 Å². The molecule has 3 heteroatoms. The van der Waals surface area contributed by atoms with Crippen LogP contribution in [0.2, 0.25) is 0 Å². The van der Waals surface area contributed by atoms with E-state index < -0.39 is 0 Å². The number of nitrogens with zero attached hydrogens (tertiary/aromatic N) is 2.